The maximum absolute atomic E-state index is 12.4. The van der Waals surface area contributed by atoms with Gasteiger partial charge in [-0.2, -0.15) is 0 Å². The van der Waals surface area contributed by atoms with Crippen LogP contribution in [0.3, 0.4) is 0 Å². The number of piperazine rings is 1. The van der Waals surface area contributed by atoms with Crippen LogP contribution in [0.15, 0.2) is 24.3 Å². The first-order valence-corrected chi connectivity index (χ1v) is 8.65. The van der Waals surface area contributed by atoms with E-state index >= 15 is 0 Å². The third-order valence-electron chi connectivity index (χ3n) is 4.45. The molecule has 2 rings (SSSR count). The number of nitrogens with zero attached hydrogens (tertiary/aromatic N) is 2. The van der Waals surface area contributed by atoms with Crippen molar-refractivity contribution in [2.24, 2.45) is 0 Å². The van der Waals surface area contributed by atoms with Gasteiger partial charge >= 0.3 is 0 Å². The summed E-state index contributed by atoms with van der Waals surface area (Å²) in [6.45, 7) is 8.98. The highest BCUT2D eigenvalue weighted by molar-refractivity contribution is 5.80. The van der Waals surface area contributed by atoms with Crippen LogP contribution in [-0.2, 0) is 16.0 Å². The van der Waals surface area contributed by atoms with Crippen LogP contribution in [0.25, 0.3) is 0 Å². The smallest absolute Gasteiger partial charge is 0.227 e. The predicted molar refractivity (Wildman–Crippen MR) is 92.3 cm³/mol. The van der Waals surface area contributed by atoms with E-state index in [2.05, 4.69) is 26.0 Å². The molecule has 1 aromatic rings. The first-order chi connectivity index (χ1) is 11.0. The highest BCUT2D eigenvalue weighted by Gasteiger charge is 2.23. The van der Waals surface area contributed by atoms with Crippen molar-refractivity contribution in [2.75, 3.05) is 26.2 Å². The summed E-state index contributed by atoms with van der Waals surface area (Å²) in [4.78, 5) is 28.0. The van der Waals surface area contributed by atoms with Gasteiger partial charge in [0.1, 0.15) is 0 Å². The quantitative estimate of drug-likeness (QED) is 0.838. The zero-order chi connectivity index (χ0) is 16.8. The summed E-state index contributed by atoms with van der Waals surface area (Å²) in [5.74, 6) is 0.877. The molecule has 1 heterocycles. The lowest BCUT2D eigenvalue weighted by Gasteiger charge is -2.35. The maximum Gasteiger partial charge on any atom is 0.227 e. The van der Waals surface area contributed by atoms with Gasteiger partial charge in [-0.25, -0.2) is 0 Å². The van der Waals surface area contributed by atoms with E-state index in [0.717, 1.165) is 12.0 Å². The average Bonchev–Trinajstić information content (AvgIpc) is 2.55. The molecule has 0 radical (unpaired) electrons. The minimum atomic E-state index is 0.157. The molecule has 0 bridgehead atoms. The van der Waals surface area contributed by atoms with Crippen molar-refractivity contribution in [2.45, 2.75) is 46.0 Å². The van der Waals surface area contributed by atoms with Crippen LogP contribution in [-0.4, -0.2) is 47.8 Å². The van der Waals surface area contributed by atoms with E-state index in [1.165, 1.54) is 5.56 Å². The van der Waals surface area contributed by atoms with E-state index in [9.17, 15) is 9.59 Å². The lowest BCUT2D eigenvalue weighted by atomic mass is 10.0. The third-order valence-corrected chi connectivity index (χ3v) is 4.45. The number of benzene rings is 1. The van der Waals surface area contributed by atoms with Crippen LogP contribution >= 0.6 is 0 Å². The molecule has 1 aromatic carbocycles. The summed E-state index contributed by atoms with van der Waals surface area (Å²) in [6, 6.07) is 8.31. The van der Waals surface area contributed by atoms with Crippen LogP contribution in [0.5, 0.6) is 0 Å². The van der Waals surface area contributed by atoms with Crippen LogP contribution in [0.4, 0.5) is 0 Å². The van der Waals surface area contributed by atoms with Gasteiger partial charge in [-0.05, 0) is 23.5 Å². The van der Waals surface area contributed by atoms with Gasteiger partial charge in [0.2, 0.25) is 11.8 Å². The normalized spacial score (nSPS) is 15.1. The van der Waals surface area contributed by atoms with E-state index in [0.29, 0.717) is 44.9 Å². The van der Waals surface area contributed by atoms with Crippen LogP contribution in [0.1, 0.15) is 50.7 Å². The van der Waals surface area contributed by atoms with E-state index in [1.807, 2.05) is 28.9 Å². The van der Waals surface area contributed by atoms with Crippen molar-refractivity contribution >= 4 is 11.8 Å². The number of amides is 2. The van der Waals surface area contributed by atoms with Crippen molar-refractivity contribution in [3.05, 3.63) is 35.4 Å². The number of carbonyl (C=O) groups excluding carboxylic acids is 2. The monoisotopic (exact) mass is 316 g/mol. The van der Waals surface area contributed by atoms with Gasteiger partial charge in [-0.15, -0.1) is 0 Å². The molecule has 0 atom stereocenters. The topological polar surface area (TPSA) is 40.6 Å². The molecule has 23 heavy (non-hydrogen) atoms. The largest absolute Gasteiger partial charge is 0.339 e. The first kappa shape index (κ1) is 17.5. The molecule has 1 aliphatic heterocycles. The second-order valence-electron chi connectivity index (χ2n) is 6.58. The summed E-state index contributed by atoms with van der Waals surface area (Å²) in [7, 11) is 0. The van der Waals surface area contributed by atoms with Crippen LogP contribution in [0.2, 0.25) is 0 Å². The van der Waals surface area contributed by atoms with Crippen molar-refractivity contribution in [1.29, 1.82) is 0 Å². The molecule has 0 aromatic heterocycles. The Hall–Kier alpha value is -1.84. The maximum atomic E-state index is 12.4. The average molecular weight is 316 g/mol. The fourth-order valence-electron chi connectivity index (χ4n) is 2.88. The van der Waals surface area contributed by atoms with E-state index in [-0.39, 0.29) is 11.8 Å². The van der Waals surface area contributed by atoms with Gasteiger partial charge in [0, 0.05) is 32.6 Å². The van der Waals surface area contributed by atoms with Gasteiger partial charge in [0.05, 0.1) is 6.42 Å². The van der Waals surface area contributed by atoms with Crippen LogP contribution in [0, 0.1) is 0 Å². The Morgan fingerprint density at radius 3 is 1.96 bits per heavy atom. The molecule has 1 fully saturated rings. The standard InChI is InChI=1S/C19H28N2O2/c1-4-5-18(22)20-10-12-21(13-11-20)19(23)14-16-6-8-17(9-7-16)15(2)3/h6-9,15H,4-5,10-14H2,1-3H3. The van der Waals surface area contributed by atoms with E-state index in [1.54, 1.807) is 0 Å². The molecule has 0 aliphatic carbocycles. The summed E-state index contributed by atoms with van der Waals surface area (Å²) in [5, 5.41) is 0. The SMILES string of the molecule is CCCC(=O)N1CCN(C(=O)Cc2ccc(C(C)C)cc2)CC1. The molecule has 1 saturated heterocycles. The molecule has 1 aliphatic rings. The number of carbonyl (C=O) groups is 2. The summed E-state index contributed by atoms with van der Waals surface area (Å²) in [5.41, 5.74) is 2.35. The Labute approximate surface area is 139 Å². The molecule has 4 nitrogen and oxygen atoms in total. The fourth-order valence-corrected chi connectivity index (χ4v) is 2.88. The van der Waals surface area contributed by atoms with Gasteiger partial charge in [-0.3, -0.25) is 9.59 Å². The van der Waals surface area contributed by atoms with Gasteiger partial charge in [0.15, 0.2) is 0 Å². The Morgan fingerprint density at radius 2 is 1.48 bits per heavy atom. The van der Waals surface area contributed by atoms with Gasteiger partial charge in [0.25, 0.3) is 0 Å². The number of hydrogen-bond donors (Lipinski definition) is 0. The Kier molecular flexibility index (Phi) is 6.20. The zero-order valence-corrected chi connectivity index (χ0v) is 14.5. The molecular formula is C19H28N2O2. The molecule has 4 heteroatoms. The van der Waals surface area contributed by atoms with Crippen LogP contribution < -0.4 is 0 Å². The molecule has 0 unspecified atom stereocenters. The number of rotatable bonds is 5. The van der Waals surface area contributed by atoms with Crippen molar-refractivity contribution < 1.29 is 9.59 Å². The summed E-state index contributed by atoms with van der Waals surface area (Å²) < 4.78 is 0. The van der Waals surface area contributed by atoms with E-state index in [4.69, 9.17) is 0 Å². The molecule has 0 N–H and O–H groups in total. The van der Waals surface area contributed by atoms with Gasteiger partial charge < -0.3 is 9.80 Å². The van der Waals surface area contributed by atoms with Crippen molar-refractivity contribution in [1.82, 2.24) is 9.80 Å². The second-order valence-corrected chi connectivity index (χ2v) is 6.58. The Bertz CT molecular complexity index is 529. The molecule has 0 saturated carbocycles. The lowest BCUT2D eigenvalue weighted by molar-refractivity contribution is -0.139. The lowest BCUT2D eigenvalue weighted by Crippen LogP contribution is -2.50. The fraction of sp³-hybridized carbons (Fsp3) is 0.579. The summed E-state index contributed by atoms with van der Waals surface area (Å²) in [6.07, 6.45) is 1.93. The molecule has 2 amide bonds. The minimum absolute atomic E-state index is 0.157. The second kappa shape index (κ2) is 8.14. The molecule has 126 valence electrons. The third kappa shape index (κ3) is 4.81. The van der Waals surface area contributed by atoms with Gasteiger partial charge in [-0.1, -0.05) is 45.0 Å². The Morgan fingerprint density at radius 1 is 0.957 bits per heavy atom. The molecular weight excluding hydrogens is 288 g/mol. The first-order valence-electron chi connectivity index (χ1n) is 8.65. The Balaban J connectivity index is 1.84. The van der Waals surface area contributed by atoms with Crippen molar-refractivity contribution in [3.63, 3.8) is 0 Å². The zero-order valence-electron chi connectivity index (χ0n) is 14.5. The predicted octanol–water partition coefficient (Wildman–Crippen LogP) is 2.82. The molecule has 0 spiro atoms. The number of hydrogen-bond acceptors (Lipinski definition) is 2. The minimum Gasteiger partial charge on any atom is -0.339 e. The highest BCUT2D eigenvalue weighted by Crippen LogP contribution is 2.15. The van der Waals surface area contributed by atoms with Crippen molar-refractivity contribution in [3.8, 4) is 0 Å². The highest BCUT2D eigenvalue weighted by atomic mass is 16.2. The van der Waals surface area contributed by atoms with E-state index < -0.39 is 0 Å². The summed E-state index contributed by atoms with van der Waals surface area (Å²) >= 11 is 0.